The Kier molecular flexibility index (Phi) is 5.83. The van der Waals surface area contributed by atoms with Crippen molar-refractivity contribution in [2.24, 2.45) is 0 Å². The van der Waals surface area contributed by atoms with Gasteiger partial charge in [0.15, 0.2) is 5.11 Å². The second-order valence-corrected chi connectivity index (χ2v) is 6.58. The molecule has 1 atom stereocenters. The molecule has 1 aromatic heterocycles. The largest absolute Gasteiger partial charge is 0.378 e. The van der Waals surface area contributed by atoms with Gasteiger partial charge >= 0.3 is 0 Å². The Balaban J connectivity index is 1.57. The zero-order valence-electron chi connectivity index (χ0n) is 14.7. The van der Waals surface area contributed by atoms with Crippen LogP contribution >= 0.6 is 12.2 Å². The highest BCUT2D eigenvalue weighted by Crippen LogP contribution is 2.20. The lowest BCUT2D eigenvalue weighted by Gasteiger charge is -2.29. The van der Waals surface area contributed by atoms with E-state index in [0.717, 1.165) is 37.8 Å². The van der Waals surface area contributed by atoms with Crippen molar-refractivity contribution in [2.45, 2.75) is 19.9 Å². The van der Waals surface area contributed by atoms with Crippen molar-refractivity contribution in [3.8, 4) is 0 Å². The molecule has 0 bridgehead atoms. The Morgan fingerprint density at radius 3 is 2.56 bits per heavy atom. The fourth-order valence-corrected chi connectivity index (χ4v) is 3.12. The molecule has 0 aliphatic carbocycles. The van der Waals surface area contributed by atoms with Crippen LogP contribution in [0.2, 0.25) is 0 Å². The summed E-state index contributed by atoms with van der Waals surface area (Å²) in [4.78, 5) is 6.75. The summed E-state index contributed by atoms with van der Waals surface area (Å²) >= 11 is 5.40. The van der Waals surface area contributed by atoms with E-state index in [0.29, 0.717) is 5.11 Å². The maximum Gasteiger partial charge on any atom is 0.172 e. The van der Waals surface area contributed by atoms with Crippen molar-refractivity contribution in [1.29, 1.82) is 0 Å². The number of aryl methyl sites for hydroxylation is 1. The van der Waals surface area contributed by atoms with Gasteiger partial charge in [0, 0.05) is 24.5 Å². The van der Waals surface area contributed by atoms with E-state index in [1.54, 1.807) is 0 Å². The Hall–Kier alpha value is -2.18. The first-order valence-corrected chi connectivity index (χ1v) is 8.96. The minimum atomic E-state index is 0.114. The monoisotopic (exact) mass is 356 g/mol. The third-order valence-electron chi connectivity index (χ3n) is 4.25. The maximum atomic E-state index is 5.41. The van der Waals surface area contributed by atoms with Crippen LogP contribution in [-0.2, 0) is 4.74 Å². The Labute approximate surface area is 154 Å². The van der Waals surface area contributed by atoms with Crippen molar-refractivity contribution in [3.63, 3.8) is 0 Å². The SMILES string of the molecule is Cc1cccc(NC(=S)NC(C)c2ccc(N3CCOCC3)cc2)n1. The van der Waals surface area contributed by atoms with Crippen molar-refractivity contribution in [2.75, 3.05) is 36.5 Å². The van der Waals surface area contributed by atoms with Gasteiger partial charge in [0.1, 0.15) is 5.82 Å². The molecule has 1 aromatic carbocycles. The number of nitrogens with zero attached hydrogens (tertiary/aromatic N) is 2. The van der Waals surface area contributed by atoms with E-state index in [2.05, 4.69) is 51.7 Å². The highest BCUT2D eigenvalue weighted by Gasteiger charge is 2.12. The van der Waals surface area contributed by atoms with Crippen molar-refractivity contribution < 1.29 is 4.74 Å². The third-order valence-corrected chi connectivity index (χ3v) is 4.47. The molecule has 0 amide bonds. The highest BCUT2D eigenvalue weighted by molar-refractivity contribution is 7.80. The summed E-state index contributed by atoms with van der Waals surface area (Å²) in [5.41, 5.74) is 3.39. The van der Waals surface area contributed by atoms with E-state index >= 15 is 0 Å². The van der Waals surface area contributed by atoms with Gasteiger partial charge in [-0.05, 0) is 55.9 Å². The van der Waals surface area contributed by atoms with Crippen molar-refractivity contribution in [3.05, 3.63) is 53.7 Å². The van der Waals surface area contributed by atoms with E-state index in [9.17, 15) is 0 Å². The van der Waals surface area contributed by atoms with Crippen molar-refractivity contribution >= 4 is 28.8 Å². The number of thiocarbonyl (C=S) groups is 1. The summed E-state index contributed by atoms with van der Waals surface area (Å²) in [7, 11) is 0. The molecule has 1 saturated heterocycles. The van der Waals surface area contributed by atoms with Crippen LogP contribution in [-0.4, -0.2) is 36.4 Å². The molecule has 25 heavy (non-hydrogen) atoms. The predicted molar refractivity (Wildman–Crippen MR) is 106 cm³/mol. The molecule has 132 valence electrons. The lowest BCUT2D eigenvalue weighted by molar-refractivity contribution is 0.122. The highest BCUT2D eigenvalue weighted by atomic mass is 32.1. The molecule has 6 heteroatoms. The molecule has 0 saturated carbocycles. The zero-order valence-corrected chi connectivity index (χ0v) is 15.5. The summed E-state index contributed by atoms with van der Waals surface area (Å²) in [5.74, 6) is 0.757. The van der Waals surface area contributed by atoms with Crippen LogP contribution < -0.4 is 15.5 Å². The smallest absolute Gasteiger partial charge is 0.172 e. The molecule has 1 aliphatic rings. The number of benzene rings is 1. The summed E-state index contributed by atoms with van der Waals surface area (Å²) in [6.45, 7) is 7.55. The van der Waals surface area contributed by atoms with Gasteiger partial charge in [-0.2, -0.15) is 0 Å². The topological polar surface area (TPSA) is 49.4 Å². The van der Waals surface area contributed by atoms with Crippen LogP contribution in [0.15, 0.2) is 42.5 Å². The molecule has 1 aliphatic heterocycles. The standard InChI is InChI=1S/C19H24N4OS/c1-14-4-3-5-18(20-14)22-19(25)21-15(2)16-6-8-17(9-7-16)23-10-12-24-13-11-23/h3-9,15H,10-13H2,1-2H3,(H2,20,21,22,25). The van der Waals surface area contributed by atoms with Gasteiger partial charge in [0.25, 0.3) is 0 Å². The number of ether oxygens (including phenoxy) is 1. The second-order valence-electron chi connectivity index (χ2n) is 6.18. The summed E-state index contributed by atoms with van der Waals surface area (Å²) in [6.07, 6.45) is 0. The number of nitrogens with one attached hydrogen (secondary N) is 2. The molecule has 0 spiro atoms. The number of hydrogen-bond acceptors (Lipinski definition) is 4. The molecule has 2 N–H and O–H groups in total. The molecular formula is C19H24N4OS. The second kappa shape index (κ2) is 8.27. The quantitative estimate of drug-likeness (QED) is 0.820. The molecule has 2 aromatic rings. The fraction of sp³-hybridized carbons (Fsp3) is 0.368. The van der Waals surface area contributed by atoms with Crippen LogP contribution in [0.1, 0.15) is 24.2 Å². The van der Waals surface area contributed by atoms with Gasteiger partial charge in [0.2, 0.25) is 0 Å². The summed E-state index contributed by atoms with van der Waals surface area (Å²) in [6, 6.07) is 14.6. The first-order valence-electron chi connectivity index (χ1n) is 8.55. The Morgan fingerprint density at radius 2 is 1.88 bits per heavy atom. The van der Waals surface area contributed by atoms with Crippen LogP contribution in [0.4, 0.5) is 11.5 Å². The summed E-state index contributed by atoms with van der Waals surface area (Å²) < 4.78 is 5.41. The first kappa shape index (κ1) is 17.6. The average Bonchev–Trinajstić information content (AvgIpc) is 2.62. The number of anilines is 2. The Bertz CT molecular complexity index is 714. The molecule has 1 unspecified atom stereocenters. The summed E-state index contributed by atoms with van der Waals surface area (Å²) in [5, 5.41) is 7.02. The van der Waals surface area contributed by atoms with Gasteiger partial charge in [-0.15, -0.1) is 0 Å². The molecule has 0 radical (unpaired) electrons. The normalized spacial score (nSPS) is 15.5. The van der Waals surface area contributed by atoms with Crippen LogP contribution in [0.25, 0.3) is 0 Å². The lowest BCUT2D eigenvalue weighted by Crippen LogP contribution is -2.36. The minimum Gasteiger partial charge on any atom is -0.378 e. The molecule has 5 nitrogen and oxygen atoms in total. The third kappa shape index (κ3) is 4.90. The lowest BCUT2D eigenvalue weighted by atomic mass is 10.1. The number of aromatic nitrogens is 1. The number of morpholine rings is 1. The van der Waals surface area contributed by atoms with E-state index < -0.39 is 0 Å². The van der Waals surface area contributed by atoms with E-state index in [-0.39, 0.29) is 6.04 Å². The van der Waals surface area contributed by atoms with E-state index in [1.165, 1.54) is 11.3 Å². The van der Waals surface area contributed by atoms with Crippen LogP contribution in [0.5, 0.6) is 0 Å². The van der Waals surface area contributed by atoms with Gasteiger partial charge in [0.05, 0.1) is 19.3 Å². The number of hydrogen-bond donors (Lipinski definition) is 2. The molecule has 1 fully saturated rings. The molecule has 2 heterocycles. The maximum absolute atomic E-state index is 5.41. The van der Waals surface area contributed by atoms with Gasteiger partial charge < -0.3 is 20.3 Å². The van der Waals surface area contributed by atoms with Gasteiger partial charge in [-0.1, -0.05) is 18.2 Å². The van der Waals surface area contributed by atoms with Gasteiger partial charge in [-0.3, -0.25) is 0 Å². The molecular weight excluding hydrogens is 332 g/mol. The zero-order chi connectivity index (χ0) is 17.6. The van der Waals surface area contributed by atoms with Gasteiger partial charge in [-0.25, -0.2) is 4.98 Å². The Morgan fingerprint density at radius 1 is 1.16 bits per heavy atom. The number of rotatable bonds is 4. The molecule has 3 rings (SSSR count). The van der Waals surface area contributed by atoms with E-state index in [1.807, 2.05) is 25.1 Å². The fourth-order valence-electron chi connectivity index (χ4n) is 2.84. The average molecular weight is 356 g/mol. The van der Waals surface area contributed by atoms with Crippen LogP contribution in [0, 0.1) is 6.92 Å². The van der Waals surface area contributed by atoms with Crippen LogP contribution in [0.3, 0.4) is 0 Å². The first-order chi connectivity index (χ1) is 12.1. The predicted octanol–water partition coefficient (Wildman–Crippen LogP) is 3.27. The van der Waals surface area contributed by atoms with Crippen molar-refractivity contribution in [1.82, 2.24) is 10.3 Å². The number of pyridine rings is 1. The van der Waals surface area contributed by atoms with E-state index in [4.69, 9.17) is 17.0 Å². The minimum absolute atomic E-state index is 0.114.